The van der Waals surface area contributed by atoms with E-state index in [1.165, 1.54) is 12.0 Å². The minimum atomic E-state index is -1.42. The van der Waals surface area contributed by atoms with Crippen LogP contribution in [0.5, 0.6) is 0 Å². The largest absolute Gasteiger partial charge is 0.455 e. The molecule has 0 aromatic heterocycles. The summed E-state index contributed by atoms with van der Waals surface area (Å²) in [5.74, 6) is -3.68. The van der Waals surface area contributed by atoms with Crippen molar-refractivity contribution in [1.82, 2.24) is 15.1 Å². The lowest BCUT2D eigenvalue weighted by molar-refractivity contribution is -0.162. The number of amides is 3. The molecule has 0 unspecified atom stereocenters. The highest BCUT2D eigenvalue weighted by Crippen LogP contribution is 2.59. The summed E-state index contributed by atoms with van der Waals surface area (Å²) < 4.78 is 19.0. The number of nitrogens with zero attached hydrogens (tertiary/aromatic N) is 2. The number of ether oxygens (including phenoxy) is 3. The van der Waals surface area contributed by atoms with Gasteiger partial charge >= 0.3 is 5.97 Å². The number of fused-ring (bicyclic) bond motifs is 2. The van der Waals surface area contributed by atoms with Crippen LogP contribution in [0.25, 0.3) is 0 Å². The van der Waals surface area contributed by atoms with E-state index in [1.54, 1.807) is 11.0 Å². The Morgan fingerprint density at radius 3 is 2.43 bits per heavy atom. The van der Waals surface area contributed by atoms with Crippen molar-refractivity contribution in [3.63, 3.8) is 0 Å². The van der Waals surface area contributed by atoms with Gasteiger partial charge in [0.05, 0.1) is 18.6 Å². The van der Waals surface area contributed by atoms with E-state index in [2.05, 4.69) is 21.2 Å². The fourth-order valence-electron chi connectivity index (χ4n) is 7.54. The molecule has 260 valence electrons. The van der Waals surface area contributed by atoms with Crippen LogP contribution in [-0.4, -0.2) is 95.8 Å². The first kappa shape index (κ1) is 35.0. The first-order valence-corrected chi connectivity index (χ1v) is 17.6. The number of rotatable bonds is 9. The highest BCUT2D eigenvalue weighted by molar-refractivity contribution is 9.11. The van der Waals surface area contributed by atoms with E-state index < -0.39 is 47.7 Å². The number of hydrogen-bond donors (Lipinski definition) is 2. The van der Waals surface area contributed by atoms with Crippen LogP contribution in [0.4, 0.5) is 0 Å². The summed E-state index contributed by atoms with van der Waals surface area (Å²) in [6.07, 6.45) is 5.24. The molecule has 3 amide bonds. The van der Waals surface area contributed by atoms with Crippen molar-refractivity contribution in [2.75, 3.05) is 33.4 Å². The van der Waals surface area contributed by atoms with Crippen molar-refractivity contribution in [2.45, 2.75) is 62.1 Å². The summed E-state index contributed by atoms with van der Waals surface area (Å²) in [4.78, 5) is 60.2. The van der Waals surface area contributed by atoms with Gasteiger partial charge in [0.1, 0.15) is 29.8 Å². The van der Waals surface area contributed by atoms with Crippen LogP contribution in [0, 0.1) is 11.8 Å². The van der Waals surface area contributed by atoms with E-state index in [1.807, 2.05) is 72.8 Å². The molecule has 6 rings (SSSR count). The van der Waals surface area contributed by atoms with Gasteiger partial charge < -0.3 is 34.4 Å². The number of aliphatic hydroxyl groups is 1. The van der Waals surface area contributed by atoms with Crippen molar-refractivity contribution in [1.29, 1.82) is 0 Å². The van der Waals surface area contributed by atoms with Crippen LogP contribution in [0.15, 0.2) is 83.4 Å². The van der Waals surface area contributed by atoms with Crippen molar-refractivity contribution >= 4 is 39.6 Å². The molecule has 11 nitrogen and oxygen atoms in total. The van der Waals surface area contributed by atoms with Crippen LogP contribution in [0.3, 0.4) is 0 Å². The van der Waals surface area contributed by atoms with Gasteiger partial charge in [-0.3, -0.25) is 19.2 Å². The molecule has 1 spiro atoms. The van der Waals surface area contributed by atoms with Crippen LogP contribution < -0.4 is 5.32 Å². The molecule has 12 heteroatoms. The number of methoxy groups -OCH3 is 1. The Kier molecular flexibility index (Phi) is 11.0. The Morgan fingerprint density at radius 1 is 0.980 bits per heavy atom. The van der Waals surface area contributed by atoms with Crippen molar-refractivity contribution in [2.24, 2.45) is 11.8 Å². The molecule has 2 aromatic carbocycles. The van der Waals surface area contributed by atoms with Gasteiger partial charge in [0.25, 0.3) is 0 Å². The molecule has 5 bridgehead atoms. The molecule has 49 heavy (non-hydrogen) atoms. The first-order valence-electron chi connectivity index (χ1n) is 16.8. The number of carbonyl (C=O) groups excluding carboxylic acids is 4. The number of halogens is 1. The van der Waals surface area contributed by atoms with E-state index in [4.69, 9.17) is 14.2 Å². The SMILES string of the molecule is COC[C@@H]1NC(=O)CC/C=C\CN(Cc2ccccc2)C(=O)[C@H]2N(CCCCO)C(=O)[C@@H]3[C@@H](C(=O)O[C@H]1c1ccccc1)[C@@H]1O[C@@]32C=C1Br. The van der Waals surface area contributed by atoms with Gasteiger partial charge in [-0.25, -0.2) is 0 Å². The Morgan fingerprint density at radius 2 is 1.71 bits per heavy atom. The van der Waals surface area contributed by atoms with Crippen LogP contribution in [0.1, 0.15) is 42.9 Å². The van der Waals surface area contributed by atoms with Crippen molar-refractivity contribution in [3.05, 3.63) is 94.5 Å². The summed E-state index contributed by atoms with van der Waals surface area (Å²) in [5.41, 5.74) is 0.137. The molecule has 2 N–H and O–H groups in total. The molecule has 0 radical (unpaired) electrons. The fraction of sp³-hybridized carbons (Fsp3) is 0.459. The number of allylic oxidation sites excluding steroid dienone is 1. The molecule has 2 aromatic rings. The normalized spacial score (nSPS) is 31.0. The number of likely N-dealkylation sites (tertiary alicyclic amines) is 1. The molecular formula is C37H42BrN3O8. The van der Waals surface area contributed by atoms with E-state index in [9.17, 15) is 24.3 Å². The van der Waals surface area contributed by atoms with Gasteiger partial charge in [-0.15, -0.1) is 0 Å². The molecule has 4 aliphatic heterocycles. The summed E-state index contributed by atoms with van der Waals surface area (Å²) in [5, 5.41) is 12.6. The fourth-order valence-corrected chi connectivity index (χ4v) is 8.27. The number of unbranched alkanes of at least 4 members (excludes halogenated alkanes) is 1. The van der Waals surface area contributed by atoms with E-state index in [-0.39, 0.29) is 57.0 Å². The second kappa shape index (κ2) is 15.4. The summed E-state index contributed by atoms with van der Waals surface area (Å²) >= 11 is 3.61. The molecular weight excluding hydrogens is 694 g/mol. The quantitative estimate of drug-likeness (QED) is 0.228. The minimum absolute atomic E-state index is 0.0564. The Labute approximate surface area is 294 Å². The van der Waals surface area contributed by atoms with Gasteiger partial charge in [0.15, 0.2) is 0 Å². The Balaban J connectivity index is 1.44. The zero-order chi connectivity index (χ0) is 34.5. The third-order valence-corrected chi connectivity index (χ3v) is 10.4. The monoisotopic (exact) mass is 735 g/mol. The van der Waals surface area contributed by atoms with Crippen molar-refractivity contribution in [3.8, 4) is 0 Å². The number of cyclic esters (lactones) is 1. The molecule has 2 saturated heterocycles. The van der Waals surface area contributed by atoms with Crippen molar-refractivity contribution < 1.29 is 38.5 Å². The van der Waals surface area contributed by atoms with Crippen LogP contribution in [-0.2, 0) is 39.9 Å². The highest BCUT2D eigenvalue weighted by atomic mass is 79.9. The van der Waals surface area contributed by atoms with Gasteiger partial charge in [0, 0.05) is 44.3 Å². The number of benzene rings is 2. The second-order valence-electron chi connectivity index (χ2n) is 12.9. The lowest BCUT2D eigenvalue weighted by Gasteiger charge is -2.36. The van der Waals surface area contributed by atoms with Crippen LogP contribution >= 0.6 is 15.9 Å². The van der Waals surface area contributed by atoms with E-state index >= 15 is 0 Å². The number of hydrogen-bond acceptors (Lipinski definition) is 8. The maximum Gasteiger partial charge on any atom is 0.313 e. The summed E-state index contributed by atoms with van der Waals surface area (Å²) in [6.45, 7) is 0.724. The maximum absolute atomic E-state index is 14.8. The minimum Gasteiger partial charge on any atom is -0.455 e. The Bertz CT molecular complexity index is 1590. The second-order valence-corrected chi connectivity index (χ2v) is 13.8. The zero-order valence-corrected chi connectivity index (χ0v) is 29.0. The van der Waals surface area contributed by atoms with E-state index in [0.717, 1.165) is 5.56 Å². The average molecular weight is 737 g/mol. The maximum atomic E-state index is 14.8. The molecule has 0 saturated carbocycles. The number of carbonyl (C=O) groups is 4. The van der Waals surface area contributed by atoms with Gasteiger partial charge in [-0.1, -0.05) is 88.7 Å². The molecule has 7 atom stereocenters. The predicted molar refractivity (Wildman–Crippen MR) is 183 cm³/mol. The summed E-state index contributed by atoms with van der Waals surface area (Å²) in [6, 6.07) is 16.9. The van der Waals surface area contributed by atoms with Crippen LogP contribution in [0.2, 0.25) is 0 Å². The topological polar surface area (TPSA) is 135 Å². The van der Waals surface area contributed by atoms with E-state index in [0.29, 0.717) is 29.3 Å². The lowest BCUT2D eigenvalue weighted by Crippen LogP contribution is -2.55. The molecule has 4 aliphatic rings. The molecule has 0 aliphatic carbocycles. The third-order valence-electron chi connectivity index (χ3n) is 9.73. The predicted octanol–water partition coefficient (Wildman–Crippen LogP) is 3.43. The number of nitrogens with one attached hydrogen (secondary N) is 1. The average Bonchev–Trinajstić information content (AvgIpc) is 3.69. The first-order chi connectivity index (χ1) is 23.8. The van der Waals surface area contributed by atoms with Gasteiger partial charge in [-0.2, -0.15) is 0 Å². The highest BCUT2D eigenvalue weighted by Gasteiger charge is 2.75. The van der Waals surface area contributed by atoms with Gasteiger partial charge in [-0.05, 0) is 36.5 Å². The number of aliphatic hydroxyl groups excluding tert-OH is 1. The smallest absolute Gasteiger partial charge is 0.313 e. The Hall–Kier alpha value is -3.84. The summed E-state index contributed by atoms with van der Waals surface area (Å²) in [7, 11) is 1.51. The zero-order valence-electron chi connectivity index (χ0n) is 27.4. The standard InChI is InChI=1S/C37H42BrN3O8/c1-47-23-27-31(25-15-7-3-8-16-25)48-36(46)29-30-34(44)41(19-11-12-20-42)33(37(30)21-26(38)32(29)49-37)35(45)40(22-24-13-5-2-6-14-24)18-10-4-9-17-28(43)39-27/h2-8,10,13-16,21,27,29-33,42H,9,11-12,17-20,22-23H2,1H3,(H,39,43)/b10-4-/t27-,29+,30-,31-,32+,33+,37-/m0/s1. The third kappa shape index (κ3) is 6.96. The molecule has 2 fully saturated rings. The van der Waals surface area contributed by atoms with Gasteiger partial charge in [0.2, 0.25) is 17.7 Å². The molecule has 4 heterocycles. The lowest BCUT2D eigenvalue weighted by atomic mass is 9.74. The number of esters is 1.